The van der Waals surface area contributed by atoms with Crippen molar-refractivity contribution in [1.29, 1.82) is 0 Å². The van der Waals surface area contributed by atoms with Crippen molar-refractivity contribution in [3.8, 4) is 0 Å². The largest absolute Gasteiger partial charge is 0.466 e. The van der Waals surface area contributed by atoms with Gasteiger partial charge in [-0.05, 0) is 36.2 Å². The SMILES string of the molecule is CCN1C(=O)N[C@H](c2ccc3ccccc3c2)C(C(=O)OC)=C1C. The number of allylic oxidation sites excluding steroid dienone is 1. The highest BCUT2D eigenvalue weighted by atomic mass is 16.5. The van der Waals surface area contributed by atoms with Gasteiger partial charge in [0, 0.05) is 12.2 Å². The fraction of sp³-hybridized carbons (Fsp3) is 0.263. The summed E-state index contributed by atoms with van der Waals surface area (Å²) < 4.78 is 4.95. The van der Waals surface area contributed by atoms with E-state index in [0.29, 0.717) is 17.8 Å². The third-order valence-electron chi connectivity index (χ3n) is 4.42. The van der Waals surface area contributed by atoms with Gasteiger partial charge < -0.3 is 10.1 Å². The first-order chi connectivity index (χ1) is 11.6. The predicted octanol–water partition coefficient (Wildman–Crippen LogP) is 3.37. The average molecular weight is 324 g/mol. The van der Waals surface area contributed by atoms with E-state index < -0.39 is 12.0 Å². The minimum absolute atomic E-state index is 0.208. The van der Waals surface area contributed by atoms with Crippen LogP contribution in [0.1, 0.15) is 25.5 Å². The molecule has 0 fully saturated rings. The van der Waals surface area contributed by atoms with Crippen LogP contribution in [0.4, 0.5) is 4.79 Å². The zero-order valence-electron chi connectivity index (χ0n) is 14.0. The zero-order valence-corrected chi connectivity index (χ0v) is 14.0. The van der Waals surface area contributed by atoms with Gasteiger partial charge >= 0.3 is 12.0 Å². The first kappa shape index (κ1) is 16.1. The molecule has 0 spiro atoms. The summed E-state index contributed by atoms with van der Waals surface area (Å²) in [6, 6.07) is 13.2. The topological polar surface area (TPSA) is 58.6 Å². The van der Waals surface area contributed by atoms with Crippen LogP contribution in [0.5, 0.6) is 0 Å². The van der Waals surface area contributed by atoms with Crippen molar-refractivity contribution in [1.82, 2.24) is 10.2 Å². The Balaban J connectivity index is 2.13. The molecule has 1 N–H and O–H groups in total. The molecule has 0 saturated carbocycles. The van der Waals surface area contributed by atoms with Crippen molar-refractivity contribution < 1.29 is 14.3 Å². The summed E-state index contributed by atoms with van der Waals surface area (Å²) in [5.41, 5.74) is 1.96. The van der Waals surface area contributed by atoms with Gasteiger partial charge in [-0.2, -0.15) is 0 Å². The number of methoxy groups -OCH3 is 1. The number of ether oxygens (including phenoxy) is 1. The van der Waals surface area contributed by atoms with Crippen LogP contribution >= 0.6 is 0 Å². The molecule has 2 amide bonds. The molecule has 1 aliphatic rings. The maximum atomic E-state index is 12.4. The molecule has 124 valence electrons. The minimum Gasteiger partial charge on any atom is -0.466 e. The summed E-state index contributed by atoms with van der Waals surface area (Å²) in [5, 5.41) is 5.09. The maximum absolute atomic E-state index is 12.4. The van der Waals surface area contributed by atoms with Crippen LogP contribution in [-0.2, 0) is 9.53 Å². The Hall–Kier alpha value is -2.82. The Morgan fingerprint density at radius 3 is 2.58 bits per heavy atom. The number of carbonyl (C=O) groups is 2. The molecule has 0 saturated heterocycles. The fourth-order valence-electron chi connectivity index (χ4n) is 3.17. The summed E-state index contributed by atoms with van der Waals surface area (Å²) in [7, 11) is 1.35. The van der Waals surface area contributed by atoms with E-state index in [1.54, 1.807) is 11.8 Å². The first-order valence-corrected chi connectivity index (χ1v) is 7.92. The molecule has 1 heterocycles. The number of urea groups is 1. The summed E-state index contributed by atoms with van der Waals surface area (Å²) in [6.07, 6.45) is 0. The highest BCUT2D eigenvalue weighted by Crippen LogP contribution is 2.32. The second kappa shape index (κ2) is 6.35. The molecule has 2 aromatic rings. The molecule has 0 aliphatic carbocycles. The van der Waals surface area contributed by atoms with Crippen LogP contribution in [0.2, 0.25) is 0 Å². The lowest BCUT2D eigenvalue weighted by molar-refractivity contribution is -0.136. The van der Waals surface area contributed by atoms with E-state index in [1.807, 2.05) is 49.4 Å². The molecule has 5 heteroatoms. The van der Waals surface area contributed by atoms with E-state index in [0.717, 1.165) is 16.3 Å². The average Bonchev–Trinajstić information content (AvgIpc) is 2.60. The standard InChI is InChI=1S/C19H20N2O3/c1-4-21-12(2)16(18(22)24-3)17(20-19(21)23)15-10-9-13-7-5-6-8-14(13)11-15/h5-11,17H,4H2,1-3H3,(H,20,23)/t17-/m1/s1. The van der Waals surface area contributed by atoms with Crippen molar-refractivity contribution in [3.05, 3.63) is 59.3 Å². The minimum atomic E-state index is -0.516. The van der Waals surface area contributed by atoms with Gasteiger partial charge in [0.15, 0.2) is 0 Å². The van der Waals surface area contributed by atoms with Crippen LogP contribution < -0.4 is 5.32 Å². The molecule has 1 atom stereocenters. The number of esters is 1. The number of nitrogens with zero attached hydrogens (tertiary/aromatic N) is 1. The number of hydrogen-bond acceptors (Lipinski definition) is 3. The van der Waals surface area contributed by atoms with Crippen LogP contribution in [0.15, 0.2) is 53.7 Å². The van der Waals surface area contributed by atoms with Crippen molar-refractivity contribution >= 4 is 22.8 Å². The van der Waals surface area contributed by atoms with Crippen molar-refractivity contribution in [2.24, 2.45) is 0 Å². The Morgan fingerprint density at radius 1 is 1.21 bits per heavy atom. The molecule has 5 nitrogen and oxygen atoms in total. The van der Waals surface area contributed by atoms with Crippen LogP contribution in [-0.4, -0.2) is 30.6 Å². The van der Waals surface area contributed by atoms with Gasteiger partial charge in [-0.25, -0.2) is 9.59 Å². The number of carbonyl (C=O) groups excluding carboxylic acids is 2. The lowest BCUT2D eigenvalue weighted by Gasteiger charge is -2.34. The molecular weight excluding hydrogens is 304 g/mol. The molecule has 0 bridgehead atoms. The fourth-order valence-corrected chi connectivity index (χ4v) is 3.17. The third-order valence-corrected chi connectivity index (χ3v) is 4.42. The second-order valence-electron chi connectivity index (χ2n) is 5.72. The van der Waals surface area contributed by atoms with Gasteiger partial charge in [0.25, 0.3) is 0 Å². The van der Waals surface area contributed by atoms with Gasteiger partial charge in [-0.15, -0.1) is 0 Å². The van der Waals surface area contributed by atoms with Gasteiger partial charge in [0.2, 0.25) is 0 Å². The molecule has 1 aliphatic heterocycles. The predicted molar refractivity (Wildman–Crippen MR) is 92.3 cm³/mol. The number of amides is 2. The smallest absolute Gasteiger partial charge is 0.337 e. The Labute approximate surface area is 140 Å². The summed E-state index contributed by atoms with van der Waals surface area (Å²) in [6.45, 7) is 4.14. The lowest BCUT2D eigenvalue weighted by Crippen LogP contribution is -2.47. The van der Waals surface area contributed by atoms with Crippen molar-refractivity contribution in [3.63, 3.8) is 0 Å². The second-order valence-corrected chi connectivity index (χ2v) is 5.72. The number of benzene rings is 2. The monoisotopic (exact) mass is 324 g/mol. The van der Waals surface area contributed by atoms with E-state index in [9.17, 15) is 9.59 Å². The van der Waals surface area contributed by atoms with Gasteiger partial charge in [0.1, 0.15) is 0 Å². The molecule has 24 heavy (non-hydrogen) atoms. The summed E-state index contributed by atoms with van der Waals surface area (Å²) >= 11 is 0. The van der Waals surface area contributed by atoms with Crippen molar-refractivity contribution in [2.45, 2.75) is 19.9 Å². The van der Waals surface area contributed by atoms with E-state index in [2.05, 4.69) is 5.32 Å². The van der Waals surface area contributed by atoms with E-state index in [-0.39, 0.29) is 6.03 Å². The Kier molecular flexibility index (Phi) is 4.25. The van der Waals surface area contributed by atoms with Crippen molar-refractivity contribution in [2.75, 3.05) is 13.7 Å². The summed E-state index contributed by atoms with van der Waals surface area (Å²) in [5.74, 6) is -0.427. The lowest BCUT2D eigenvalue weighted by atomic mass is 9.93. The van der Waals surface area contributed by atoms with Crippen LogP contribution in [0, 0.1) is 0 Å². The third kappa shape index (κ3) is 2.62. The Bertz CT molecular complexity index is 841. The van der Waals surface area contributed by atoms with Crippen LogP contribution in [0.3, 0.4) is 0 Å². The molecule has 0 unspecified atom stereocenters. The van der Waals surface area contributed by atoms with Crippen LogP contribution in [0.25, 0.3) is 10.8 Å². The highest BCUT2D eigenvalue weighted by molar-refractivity contribution is 5.95. The maximum Gasteiger partial charge on any atom is 0.337 e. The molecule has 0 radical (unpaired) electrons. The summed E-state index contributed by atoms with van der Waals surface area (Å²) in [4.78, 5) is 26.2. The number of nitrogens with one attached hydrogen (secondary N) is 1. The Morgan fingerprint density at radius 2 is 1.92 bits per heavy atom. The quantitative estimate of drug-likeness (QED) is 0.881. The number of hydrogen-bond donors (Lipinski definition) is 1. The number of rotatable bonds is 3. The number of fused-ring (bicyclic) bond motifs is 1. The van der Waals surface area contributed by atoms with E-state index in [4.69, 9.17) is 4.74 Å². The van der Waals surface area contributed by atoms with Gasteiger partial charge in [-0.3, -0.25) is 4.90 Å². The molecule has 0 aromatic heterocycles. The molecule has 2 aromatic carbocycles. The molecular formula is C19H20N2O3. The highest BCUT2D eigenvalue weighted by Gasteiger charge is 2.35. The normalized spacial score (nSPS) is 17.9. The van der Waals surface area contributed by atoms with E-state index in [1.165, 1.54) is 7.11 Å². The van der Waals surface area contributed by atoms with E-state index >= 15 is 0 Å². The molecule has 3 rings (SSSR count). The zero-order chi connectivity index (χ0) is 17.3. The van der Waals surface area contributed by atoms with Gasteiger partial charge in [0.05, 0.1) is 18.7 Å². The first-order valence-electron chi connectivity index (χ1n) is 7.92. The van der Waals surface area contributed by atoms with Gasteiger partial charge in [-0.1, -0.05) is 36.4 Å².